The van der Waals surface area contributed by atoms with Crippen LogP contribution in [0.4, 0.5) is 23.7 Å². The molecule has 2 saturated carbocycles. The van der Waals surface area contributed by atoms with E-state index < -0.39 is 55.6 Å². The minimum absolute atomic E-state index is 0.0789. The first-order valence-corrected chi connectivity index (χ1v) is 12.3. The van der Waals surface area contributed by atoms with Crippen LogP contribution in [-0.2, 0) is 14.6 Å². The number of ether oxygens (including phenoxy) is 1. The molecule has 4 atom stereocenters. The van der Waals surface area contributed by atoms with E-state index in [4.69, 9.17) is 16.3 Å². The van der Waals surface area contributed by atoms with E-state index in [-0.39, 0.29) is 39.9 Å². The Morgan fingerprint density at radius 2 is 1.88 bits per heavy atom. The Morgan fingerprint density at radius 3 is 2.44 bits per heavy atom. The van der Waals surface area contributed by atoms with Crippen molar-refractivity contribution in [3.05, 3.63) is 58.4 Å². The molecule has 2 aliphatic carbocycles. The van der Waals surface area contributed by atoms with E-state index in [9.17, 15) is 31.2 Å². The van der Waals surface area contributed by atoms with E-state index in [0.717, 1.165) is 6.07 Å². The molecule has 1 saturated heterocycles. The number of amides is 2. The molecule has 180 valence electrons. The van der Waals surface area contributed by atoms with Crippen LogP contribution in [0.5, 0.6) is 0 Å². The third-order valence-corrected chi connectivity index (χ3v) is 9.95. The van der Waals surface area contributed by atoms with Crippen molar-refractivity contribution in [1.82, 2.24) is 5.32 Å². The minimum Gasteiger partial charge on any atom is -0.440 e. The molecule has 5 rings (SSSR count). The Bertz CT molecular complexity index is 1350. The van der Waals surface area contributed by atoms with Crippen LogP contribution in [0.3, 0.4) is 0 Å². The van der Waals surface area contributed by atoms with Crippen LogP contribution >= 0.6 is 11.6 Å². The van der Waals surface area contributed by atoms with Crippen molar-refractivity contribution in [1.29, 1.82) is 0 Å². The molecule has 7 nitrogen and oxygen atoms in total. The largest absolute Gasteiger partial charge is 0.440 e. The van der Waals surface area contributed by atoms with Crippen LogP contribution in [0.1, 0.15) is 30.1 Å². The average molecular weight is 515 g/mol. The van der Waals surface area contributed by atoms with Crippen LogP contribution in [0.15, 0.2) is 35.2 Å². The number of hydrogen-bond acceptors (Lipinski definition) is 5. The van der Waals surface area contributed by atoms with Gasteiger partial charge in [0, 0.05) is 34.7 Å². The summed E-state index contributed by atoms with van der Waals surface area (Å²) in [4.78, 5) is 23.9. The average Bonchev–Trinajstić information content (AvgIpc) is 3.11. The SMILES string of the molecule is CC12CC(S(=O)(=O)c3cc(C(=O)Nc4cc(F)c(F)c(F)c4)ccc3Cl)CC1[C@@]21CNC(=O)O1. The minimum atomic E-state index is -3.96. The van der Waals surface area contributed by atoms with Crippen molar-refractivity contribution in [2.45, 2.75) is 35.5 Å². The summed E-state index contributed by atoms with van der Waals surface area (Å²) in [6.07, 6.45) is 0.0163. The van der Waals surface area contributed by atoms with E-state index >= 15 is 0 Å². The van der Waals surface area contributed by atoms with Gasteiger partial charge in [-0.15, -0.1) is 0 Å². The van der Waals surface area contributed by atoms with Gasteiger partial charge >= 0.3 is 6.09 Å². The second kappa shape index (κ2) is 7.35. The number of carbonyl (C=O) groups excluding carboxylic acids is 2. The van der Waals surface area contributed by atoms with Gasteiger partial charge in [-0.1, -0.05) is 18.5 Å². The maximum atomic E-state index is 13.4. The summed E-state index contributed by atoms with van der Waals surface area (Å²) in [5.41, 5.74) is -1.63. The van der Waals surface area contributed by atoms with Gasteiger partial charge in [-0.2, -0.15) is 0 Å². The zero-order valence-electron chi connectivity index (χ0n) is 17.6. The number of halogens is 4. The standard InChI is InChI=1S/C22H18ClF3N2O5S/c1-21-8-12(7-17(21)22(21)9-27-20(30)33-22)34(31,32)16-4-10(2-3-13(16)23)19(29)28-11-5-14(24)18(26)15(25)6-11/h2-6,12,17H,7-9H2,1H3,(H,27,30)(H,28,29)/t12?,17?,21?,22-/m0/s1. The van der Waals surface area contributed by atoms with Crippen LogP contribution in [0, 0.1) is 28.8 Å². The fraction of sp³-hybridized carbons (Fsp3) is 0.364. The maximum absolute atomic E-state index is 13.4. The molecule has 12 heteroatoms. The highest BCUT2D eigenvalue weighted by molar-refractivity contribution is 7.92. The van der Waals surface area contributed by atoms with Gasteiger partial charge in [-0.05, 0) is 31.0 Å². The molecule has 1 aliphatic heterocycles. The fourth-order valence-electron chi connectivity index (χ4n) is 5.47. The molecule has 3 unspecified atom stereocenters. The molecule has 3 fully saturated rings. The number of benzene rings is 2. The lowest BCUT2D eigenvalue weighted by molar-refractivity contribution is 0.0891. The van der Waals surface area contributed by atoms with Gasteiger partial charge in [0.25, 0.3) is 5.91 Å². The fourth-order valence-corrected chi connectivity index (χ4v) is 7.92. The van der Waals surface area contributed by atoms with Gasteiger partial charge in [-0.25, -0.2) is 26.4 Å². The Kier molecular flexibility index (Phi) is 4.97. The lowest BCUT2D eigenvalue weighted by atomic mass is 9.99. The normalized spacial score (nSPS) is 29.5. The summed E-state index contributed by atoms with van der Waals surface area (Å²) in [6, 6.07) is 4.82. The van der Waals surface area contributed by atoms with Crippen molar-refractivity contribution in [2.24, 2.45) is 11.3 Å². The van der Waals surface area contributed by atoms with E-state index in [2.05, 4.69) is 10.6 Å². The number of nitrogens with one attached hydrogen (secondary N) is 2. The summed E-state index contributed by atoms with van der Waals surface area (Å²) >= 11 is 6.17. The van der Waals surface area contributed by atoms with Crippen molar-refractivity contribution in [2.75, 3.05) is 11.9 Å². The summed E-state index contributed by atoms with van der Waals surface area (Å²) < 4.78 is 72.3. The monoisotopic (exact) mass is 514 g/mol. The molecule has 2 amide bonds. The summed E-state index contributed by atoms with van der Waals surface area (Å²) in [5.74, 6) is -5.62. The van der Waals surface area contributed by atoms with E-state index in [1.54, 1.807) is 0 Å². The molecule has 2 aromatic carbocycles. The second-order valence-electron chi connectivity index (χ2n) is 9.06. The lowest BCUT2D eigenvalue weighted by Gasteiger charge is -2.22. The molecular weight excluding hydrogens is 497 g/mol. The number of fused-ring (bicyclic) bond motifs is 3. The lowest BCUT2D eigenvalue weighted by Crippen LogP contribution is -2.32. The van der Waals surface area contributed by atoms with Gasteiger partial charge in [0.2, 0.25) is 0 Å². The molecule has 0 aromatic heterocycles. The number of hydrogen-bond donors (Lipinski definition) is 2. The van der Waals surface area contributed by atoms with Gasteiger partial charge in [0.1, 0.15) is 5.60 Å². The smallest absolute Gasteiger partial charge is 0.407 e. The summed E-state index contributed by atoms with van der Waals surface area (Å²) in [7, 11) is -3.96. The molecule has 1 heterocycles. The van der Waals surface area contributed by atoms with Crippen LogP contribution in [0.25, 0.3) is 0 Å². The molecule has 34 heavy (non-hydrogen) atoms. The number of sulfone groups is 1. The highest BCUT2D eigenvalue weighted by Crippen LogP contribution is 2.74. The molecule has 3 aliphatic rings. The highest BCUT2D eigenvalue weighted by Gasteiger charge is 2.82. The Morgan fingerprint density at radius 1 is 1.21 bits per heavy atom. The Labute approximate surface area is 197 Å². The third kappa shape index (κ3) is 3.20. The van der Waals surface area contributed by atoms with Gasteiger partial charge < -0.3 is 15.4 Å². The van der Waals surface area contributed by atoms with Gasteiger partial charge in [0.15, 0.2) is 27.3 Å². The first kappa shape index (κ1) is 23.0. The first-order chi connectivity index (χ1) is 15.9. The maximum Gasteiger partial charge on any atom is 0.407 e. The van der Waals surface area contributed by atoms with Crippen LogP contribution < -0.4 is 10.6 Å². The van der Waals surface area contributed by atoms with Crippen molar-refractivity contribution in [3.63, 3.8) is 0 Å². The van der Waals surface area contributed by atoms with Crippen LogP contribution in [0.2, 0.25) is 5.02 Å². The quantitative estimate of drug-likeness (QED) is 0.599. The number of rotatable bonds is 4. The van der Waals surface area contributed by atoms with Gasteiger partial charge in [-0.3, -0.25) is 4.79 Å². The molecule has 2 aromatic rings. The van der Waals surface area contributed by atoms with Crippen molar-refractivity contribution < 1.29 is 35.9 Å². The van der Waals surface area contributed by atoms with E-state index in [0.29, 0.717) is 18.7 Å². The number of anilines is 1. The predicted octanol–water partition coefficient (Wildman–Crippen LogP) is 4.06. The molecule has 2 N–H and O–H groups in total. The molecule has 0 radical (unpaired) electrons. The summed E-state index contributed by atoms with van der Waals surface area (Å²) in [6.45, 7) is 2.22. The van der Waals surface area contributed by atoms with Crippen molar-refractivity contribution >= 4 is 39.1 Å². The highest BCUT2D eigenvalue weighted by atomic mass is 35.5. The number of alkyl carbamates (subject to hydrolysis) is 1. The second-order valence-corrected chi connectivity index (χ2v) is 11.7. The van der Waals surface area contributed by atoms with Crippen molar-refractivity contribution in [3.8, 4) is 0 Å². The van der Waals surface area contributed by atoms with E-state index in [1.165, 1.54) is 12.1 Å². The summed E-state index contributed by atoms with van der Waals surface area (Å²) in [5, 5.41) is 3.97. The zero-order chi connectivity index (χ0) is 24.6. The Balaban J connectivity index is 1.38. The van der Waals surface area contributed by atoms with E-state index in [1.807, 2.05) is 6.92 Å². The van der Waals surface area contributed by atoms with Crippen LogP contribution in [-0.4, -0.2) is 37.8 Å². The first-order valence-electron chi connectivity index (χ1n) is 10.4. The molecule has 0 bridgehead atoms. The van der Waals surface area contributed by atoms with Gasteiger partial charge in [0.05, 0.1) is 21.7 Å². The number of carbonyl (C=O) groups is 2. The predicted molar refractivity (Wildman–Crippen MR) is 115 cm³/mol. The zero-order valence-corrected chi connectivity index (χ0v) is 19.2. The molecule has 1 spiro atoms. The topological polar surface area (TPSA) is 102 Å². The molecular formula is C22H18ClF3N2O5S. The Hall–Kier alpha value is -2.79. The third-order valence-electron chi connectivity index (χ3n) is 7.32.